The Hall–Kier alpha value is -1.26. The molecule has 1 N–H and O–H groups in total. The Kier molecular flexibility index (Phi) is 5.48. The smallest absolute Gasteiger partial charge is 0.131 e. The van der Waals surface area contributed by atoms with E-state index in [0.717, 1.165) is 34.6 Å². The maximum absolute atomic E-state index is 14.1. The van der Waals surface area contributed by atoms with Crippen LogP contribution in [-0.4, -0.2) is 6.54 Å². The van der Waals surface area contributed by atoms with Crippen molar-refractivity contribution in [1.29, 1.82) is 0 Å². The lowest BCUT2D eigenvalue weighted by Crippen LogP contribution is -2.24. The van der Waals surface area contributed by atoms with Crippen molar-refractivity contribution in [2.24, 2.45) is 0 Å². The van der Waals surface area contributed by atoms with Crippen molar-refractivity contribution in [2.75, 3.05) is 6.54 Å². The van der Waals surface area contributed by atoms with Crippen molar-refractivity contribution in [2.45, 2.75) is 26.3 Å². The Morgan fingerprint density at radius 3 is 2.52 bits per heavy atom. The number of hydrogen-bond donors (Lipinski definition) is 1. The van der Waals surface area contributed by atoms with Gasteiger partial charge in [0.2, 0.25) is 0 Å². The van der Waals surface area contributed by atoms with Gasteiger partial charge in [0, 0.05) is 16.1 Å². The topological polar surface area (TPSA) is 12.0 Å². The average Bonchev–Trinajstić information content (AvgIpc) is 2.44. The second-order valence-corrected chi connectivity index (χ2v) is 5.92. The molecule has 2 aromatic carbocycles. The van der Waals surface area contributed by atoms with Crippen LogP contribution >= 0.6 is 15.9 Å². The van der Waals surface area contributed by atoms with E-state index in [-0.39, 0.29) is 6.04 Å². The third-order valence-electron chi connectivity index (χ3n) is 3.40. The molecule has 0 radical (unpaired) electrons. The van der Waals surface area contributed by atoms with Crippen molar-refractivity contribution in [3.05, 3.63) is 69.2 Å². The fourth-order valence-electron chi connectivity index (χ4n) is 2.22. The van der Waals surface area contributed by atoms with Gasteiger partial charge in [0.25, 0.3) is 0 Å². The van der Waals surface area contributed by atoms with Crippen molar-refractivity contribution < 1.29 is 8.78 Å². The molecular formula is C17H18BrF2N. The Morgan fingerprint density at radius 2 is 1.90 bits per heavy atom. The van der Waals surface area contributed by atoms with E-state index in [0.29, 0.717) is 5.56 Å². The lowest BCUT2D eigenvalue weighted by molar-refractivity contribution is 0.532. The third kappa shape index (κ3) is 3.89. The molecule has 0 aliphatic rings. The van der Waals surface area contributed by atoms with Gasteiger partial charge in [-0.3, -0.25) is 0 Å². The van der Waals surface area contributed by atoms with Crippen LogP contribution in [0.5, 0.6) is 0 Å². The summed E-state index contributed by atoms with van der Waals surface area (Å²) < 4.78 is 28.2. The van der Waals surface area contributed by atoms with Crippen LogP contribution in [0.15, 0.2) is 40.9 Å². The molecule has 112 valence electrons. The van der Waals surface area contributed by atoms with E-state index in [1.807, 2.05) is 25.1 Å². The van der Waals surface area contributed by atoms with E-state index < -0.39 is 11.6 Å². The van der Waals surface area contributed by atoms with Crippen LogP contribution in [0.4, 0.5) is 8.78 Å². The molecule has 0 aliphatic heterocycles. The summed E-state index contributed by atoms with van der Waals surface area (Å²) in [5.74, 6) is -1.09. The van der Waals surface area contributed by atoms with Gasteiger partial charge in [0.1, 0.15) is 11.6 Å². The minimum absolute atomic E-state index is 0.289. The highest BCUT2D eigenvalue weighted by molar-refractivity contribution is 9.10. The average molecular weight is 354 g/mol. The molecular weight excluding hydrogens is 336 g/mol. The summed E-state index contributed by atoms with van der Waals surface area (Å²) in [4.78, 5) is 0. The van der Waals surface area contributed by atoms with Crippen LogP contribution in [0.1, 0.15) is 36.1 Å². The molecule has 1 nitrogen and oxygen atoms in total. The molecule has 1 unspecified atom stereocenters. The maximum Gasteiger partial charge on any atom is 0.131 e. The summed E-state index contributed by atoms with van der Waals surface area (Å²) >= 11 is 3.50. The first-order chi connectivity index (χ1) is 10.0. The van der Waals surface area contributed by atoms with Crippen molar-refractivity contribution in [3.63, 3.8) is 0 Å². The predicted octanol–water partition coefficient (Wildman–Crippen LogP) is 5.12. The van der Waals surface area contributed by atoms with Gasteiger partial charge in [-0.25, -0.2) is 8.78 Å². The van der Waals surface area contributed by atoms with Crippen LogP contribution in [0.3, 0.4) is 0 Å². The molecule has 0 aromatic heterocycles. The summed E-state index contributed by atoms with van der Waals surface area (Å²) in [6, 6.07) is 9.37. The molecule has 0 saturated heterocycles. The number of rotatable bonds is 5. The molecule has 1 atom stereocenters. The molecule has 2 rings (SSSR count). The zero-order chi connectivity index (χ0) is 15.4. The predicted molar refractivity (Wildman–Crippen MR) is 85.4 cm³/mol. The summed E-state index contributed by atoms with van der Waals surface area (Å²) in [6.45, 7) is 4.81. The third-order valence-corrected chi connectivity index (χ3v) is 4.26. The second-order valence-electron chi connectivity index (χ2n) is 5.06. The molecule has 0 bridgehead atoms. The maximum atomic E-state index is 14.1. The SMILES string of the molecule is CCCNC(c1ccc(C)c(Br)c1)c1ccc(F)cc1F. The summed E-state index contributed by atoms with van der Waals surface area (Å²) in [7, 11) is 0. The highest BCUT2D eigenvalue weighted by Gasteiger charge is 2.18. The van der Waals surface area contributed by atoms with Gasteiger partial charge < -0.3 is 5.32 Å². The molecule has 0 amide bonds. The van der Waals surface area contributed by atoms with Crippen LogP contribution in [0.2, 0.25) is 0 Å². The van der Waals surface area contributed by atoms with Gasteiger partial charge in [-0.05, 0) is 43.1 Å². The largest absolute Gasteiger partial charge is 0.306 e. The monoisotopic (exact) mass is 353 g/mol. The lowest BCUT2D eigenvalue weighted by atomic mass is 9.97. The van der Waals surface area contributed by atoms with Crippen molar-refractivity contribution >= 4 is 15.9 Å². The molecule has 0 aliphatic carbocycles. The van der Waals surface area contributed by atoms with E-state index in [4.69, 9.17) is 0 Å². The van der Waals surface area contributed by atoms with Gasteiger partial charge in [-0.15, -0.1) is 0 Å². The van der Waals surface area contributed by atoms with E-state index in [2.05, 4.69) is 28.2 Å². The van der Waals surface area contributed by atoms with Gasteiger partial charge >= 0.3 is 0 Å². The normalized spacial score (nSPS) is 12.4. The number of aryl methyl sites for hydroxylation is 1. The van der Waals surface area contributed by atoms with Crippen LogP contribution in [0.25, 0.3) is 0 Å². The molecule has 2 aromatic rings. The van der Waals surface area contributed by atoms with Crippen molar-refractivity contribution in [3.8, 4) is 0 Å². The Morgan fingerprint density at radius 1 is 1.14 bits per heavy atom. The molecule has 4 heteroatoms. The second kappa shape index (κ2) is 7.14. The quantitative estimate of drug-likeness (QED) is 0.785. The number of halogens is 3. The summed E-state index contributed by atoms with van der Waals surface area (Å²) in [5, 5.41) is 3.33. The Bertz CT molecular complexity index is 628. The number of hydrogen-bond acceptors (Lipinski definition) is 1. The van der Waals surface area contributed by atoms with Crippen molar-refractivity contribution in [1.82, 2.24) is 5.32 Å². The van der Waals surface area contributed by atoms with Crippen LogP contribution < -0.4 is 5.32 Å². The van der Waals surface area contributed by atoms with E-state index >= 15 is 0 Å². The molecule has 0 fully saturated rings. The highest BCUT2D eigenvalue weighted by atomic mass is 79.9. The van der Waals surface area contributed by atoms with E-state index in [9.17, 15) is 8.78 Å². The molecule has 21 heavy (non-hydrogen) atoms. The van der Waals surface area contributed by atoms with Gasteiger partial charge in [-0.1, -0.05) is 41.1 Å². The van der Waals surface area contributed by atoms with E-state index in [1.54, 1.807) is 0 Å². The molecule has 0 saturated carbocycles. The van der Waals surface area contributed by atoms with Crippen LogP contribution in [0, 0.1) is 18.6 Å². The molecule has 0 heterocycles. The minimum Gasteiger partial charge on any atom is -0.306 e. The van der Waals surface area contributed by atoms with Crippen LogP contribution in [-0.2, 0) is 0 Å². The fraction of sp³-hybridized carbons (Fsp3) is 0.294. The van der Waals surface area contributed by atoms with E-state index in [1.165, 1.54) is 12.1 Å². The standard InChI is InChI=1S/C17H18BrF2N/c1-3-8-21-17(12-5-4-11(2)15(18)9-12)14-7-6-13(19)10-16(14)20/h4-7,9-10,17,21H,3,8H2,1-2H3. The zero-order valence-electron chi connectivity index (χ0n) is 12.1. The first-order valence-corrected chi connectivity index (χ1v) is 7.76. The number of nitrogens with one attached hydrogen (secondary N) is 1. The van der Waals surface area contributed by atoms with Gasteiger partial charge in [-0.2, -0.15) is 0 Å². The Labute approximate surface area is 132 Å². The first kappa shape index (κ1) is 16.1. The summed E-state index contributed by atoms with van der Waals surface area (Å²) in [5.41, 5.74) is 2.53. The zero-order valence-corrected chi connectivity index (χ0v) is 13.7. The lowest BCUT2D eigenvalue weighted by Gasteiger charge is -2.21. The first-order valence-electron chi connectivity index (χ1n) is 6.97. The highest BCUT2D eigenvalue weighted by Crippen LogP contribution is 2.28. The Balaban J connectivity index is 2.44. The molecule has 0 spiro atoms. The van der Waals surface area contributed by atoms with Gasteiger partial charge in [0.15, 0.2) is 0 Å². The minimum atomic E-state index is -0.560. The number of benzene rings is 2. The summed E-state index contributed by atoms with van der Waals surface area (Å²) in [6.07, 6.45) is 0.937. The van der Waals surface area contributed by atoms with Gasteiger partial charge in [0.05, 0.1) is 6.04 Å². The fourth-order valence-corrected chi connectivity index (χ4v) is 2.62.